The quantitative estimate of drug-likeness (QED) is 0.792. The van der Waals surface area contributed by atoms with E-state index in [0.717, 1.165) is 30.8 Å². The van der Waals surface area contributed by atoms with Gasteiger partial charge in [-0.15, -0.1) is 0 Å². The van der Waals surface area contributed by atoms with Crippen LogP contribution < -0.4 is 10.1 Å². The molecule has 24 heavy (non-hydrogen) atoms. The van der Waals surface area contributed by atoms with Crippen molar-refractivity contribution in [2.45, 2.75) is 64.9 Å². The second-order valence-corrected chi connectivity index (χ2v) is 6.55. The summed E-state index contributed by atoms with van der Waals surface area (Å²) in [5.41, 5.74) is 0.964. The third kappa shape index (κ3) is 5.49. The summed E-state index contributed by atoms with van der Waals surface area (Å²) in [5.74, 6) is 0.674. The molecule has 1 saturated heterocycles. The summed E-state index contributed by atoms with van der Waals surface area (Å²) in [6.45, 7) is 8.96. The van der Waals surface area contributed by atoms with Gasteiger partial charge < -0.3 is 19.5 Å². The van der Waals surface area contributed by atoms with Gasteiger partial charge in [0, 0.05) is 12.2 Å². The zero-order valence-corrected chi connectivity index (χ0v) is 15.1. The van der Waals surface area contributed by atoms with Gasteiger partial charge in [0.2, 0.25) is 5.91 Å². The Labute approximate surface area is 144 Å². The Morgan fingerprint density at radius 2 is 2.04 bits per heavy atom. The molecule has 5 heteroatoms. The van der Waals surface area contributed by atoms with E-state index in [4.69, 9.17) is 14.2 Å². The molecule has 1 aliphatic heterocycles. The van der Waals surface area contributed by atoms with Crippen LogP contribution >= 0.6 is 0 Å². The molecule has 1 fully saturated rings. The van der Waals surface area contributed by atoms with Crippen LogP contribution in [0.25, 0.3) is 0 Å². The van der Waals surface area contributed by atoms with Crippen molar-refractivity contribution in [1.82, 2.24) is 5.32 Å². The van der Waals surface area contributed by atoms with Gasteiger partial charge in [0.05, 0.1) is 24.9 Å². The smallest absolute Gasteiger partial charge is 0.249 e. The van der Waals surface area contributed by atoms with Gasteiger partial charge in [0.1, 0.15) is 11.9 Å². The highest BCUT2D eigenvalue weighted by atomic mass is 16.5. The van der Waals surface area contributed by atoms with Crippen LogP contribution in [-0.4, -0.2) is 37.4 Å². The lowest BCUT2D eigenvalue weighted by Gasteiger charge is -2.22. The van der Waals surface area contributed by atoms with E-state index in [1.165, 1.54) is 0 Å². The van der Waals surface area contributed by atoms with Crippen LogP contribution in [0, 0.1) is 0 Å². The van der Waals surface area contributed by atoms with Crippen molar-refractivity contribution >= 4 is 5.91 Å². The van der Waals surface area contributed by atoms with Crippen molar-refractivity contribution in [2.75, 3.05) is 13.2 Å². The van der Waals surface area contributed by atoms with Crippen molar-refractivity contribution in [3.63, 3.8) is 0 Å². The van der Waals surface area contributed by atoms with Gasteiger partial charge in [-0.1, -0.05) is 18.2 Å². The summed E-state index contributed by atoms with van der Waals surface area (Å²) in [6.07, 6.45) is 1.78. The Kier molecular flexibility index (Phi) is 7.06. The van der Waals surface area contributed by atoms with E-state index < -0.39 is 6.10 Å². The average molecular weight is 335 g/mol. The molecule has 0 saturated carbocycles. The summed E-state index contributed by atoms with van der Waals surface area (Å²) in [6, 6.07) is 7.63. The average Bonchev–Trinajstić information content (AvgIpc) is 3.05. The molecule has 134 valence electrons. The number of nitrogens with one attached hydrogen (secondary N) is 1. The number of carbonyl (C=O) groups is 1. The molecule has 0 aliphatic carbocycles. The lowest BCUT2D eigenvalue weighted by atomic mass is 10.1. The van der Waals surface area contributed by atoms with E-state index in [2.05, 4.69) is 5.32 Å². The molecule has 1 amide bonds. The number of para-hydroxylation sites is 1. The number of hydrogen-bond acceptors (Lipinski definition) is 4. The molecule has 0 unspecified atom stereocenters. The third-order valence-corrected chi connectivity index (χ3v) is 4.03. The van der Waals surface area contributed by atoms with Gasteiger partial charge in [-0.2, -0.15) is 0 Å². The van der Waals surface area contributed by atoms with Crippen LogP contribution in [0.1, 0.15) is 52.1 Å². The van der Waals surface area contributed by atoms with Crippen LogP contribution in [0.5, 0.6) is 5.75 Å². The molecule has 2 rings (SSSR count). The molecule has 0 radical (unpaired) electrons. The van der Waals surface area contributed by atoms with Crippen LogP contribution in [0.4, 0.5) is 0 Å². The van der Waals surface area contributed by atoms with E-state index in [0.29, 0.717) is 6.61 Å². The number of carbonyl (C=O) groups excluding carboxylic acids is 1. The summed E-state index contributed by atoms with van der Waals surface area (Å²) < 4.78 is 17.0. The minimum absolute atomic E-state index is 0.0859. The molecular weight excluding hydrogens is 306 g/mol. The Morgan fingerprint density at radius 1 is 1.29 bits per heavy atom. The molecule has 3 atom stereocenters. The fourth-order valence-electron chi connectivity index (χ4n) is 2.71. The molecule has 0 spiro atoms. The fourth-order valence-corrected chi connectivity index (χ4v) is 2.71. The van der Waals surface area contributed by atoms with Crippen molar-refractivity contribution in [2.24, 2.45) is 0 Å². The molecule has 1 N–H and O–H groups in total. The lowest BCUT2D eigenvalue weighted by molar-refractivity contribution is -0.134. The van der Waals surface area contributed by atoms with E-state index in [1.54, 1.807) is 6.92 Å². The minimum Gasteiger partial charge on any atom is -0.491 e. The minimum atomic E-state index is -0.505. The van der Waals surface area contributed by atoms with Crippen molar-refractivity contribution < 1.29 is 19.0 Å². The van der Waals surface area contributed by atoms with Crippen LogP contribution in [0.2, 0.25) is 0 Å². The normalized spacial score (nSPS) is 20.0. The first-order valence-corrected chi connectivity index (χ1v) is 8.76. The van der Waals surface area contributed by atoms with Gasteiger partial charge >= 0.3 is 0 Å². The Hall–Kier alpha value is -1.59. The summed E-state index contributed by atoms with van der Waals surface area (Å²) in [5, 5.41) is 3.00. The maximum Gasteiger partial charge on any atom is 0.249 e. The van der Waals surface area contributed by atoms with Gasteiger partial charge in [0.25, 0.3) is 0 Å². The first-order chi connectivity index (χ1) is 11.5. The number of ether oxygens (including phenoxy) is 3. The summed E-state index contributed by atoms with van der Waals surface area (Å²) >= 11 is 0. The molecule has 1 aromatic carbocycles. The van der Waals surface area contributed by atoms with E-state index in [-0.39, 0.29) is 24.2 Å². The van der Waals surface area contributed by atoms with Crippen LogP contribution in [-0.2, 0) is 14.3 Å². The molecular formula is C19H29NO4. The first-order valence-electron chi connectivity index (χ1n) is 8.76. The zero-order valence-electron chi connectivity index (χ0n) is 15.1. The van der Waals surface area contributed by atoms with Crippen LogP contribution in [0.15, 0.2) is 24.3 Å². The van der Waals surface area contributed by atoms with Gasteiger partial charge in [-0.25, -0.2) is 0 Å². The standard InChI is InChI=1S/C19H29NO4/c1-13(2)24-18-10-6-5-9-17(18)14(3)20-19(21)15(4)23-12-16-8-7-11-22-16/h5-6,9-10,13-16H,7-8,11-12H2,1-4H3,(H,20,21)/t14-,15-,16+/m0/s1. The second kappa shape index (κ2) is 9.04. The largest absolute Gasteiger partial charge is 0.491 e. The Morgan fingerprint density at radius 3 is 2.71 bits per heavy atom. The highest BCUT2D eigenvalue weighted by Gasteiger charge is 2.22. The second-order valence-electron chi connectivity index (χ2n) is 6.55. The number of amides is 1. The predicted molar refractivity (Wildman–Crippen MR) is 93.2 cm³/mol. The SMILES string of the molecule is CC(C)Oc1ccccc1[C@H](C)NC(=O)[C@H](C)OC[C@H]1CCCO1. The Balaban J connectivity index is 1.88. The maximum atomic E-state index is 12.3. The lowest BCUT2D eigenvalue weighted by Crippen LogP contribution is -2.37. The highest BCUT2D eigenvalue weighted by molar-refractivity contribution is 5.80. The van der Waals surface area contributed by atoms with Gasteiger partial charge in [0.15, 0.2) is 0 Å². The van der Waals surface area contributed by atoms with E-state index in [1.807, 2.05) is 45.0 Å². The third-order valence-electron chi connectivity index (χ3n) is 4.03. The van der Waals surface area contributed by atoms with Crippen molar-refractivity contribution in [3.05, 3.63) is 29.8 Å². The molecule has 1 aromatic rings. The molecule has 0 bridgehead atoms. The van der Waals surface area contributed by atoms with Crippen molar-refractivity contribution in [3.8, 4) is 5.75 Å². The van der Waals surface area contributed by atoms with Gasteiger partial charge in [-0.05, 0) is 46.6 Å². The number of hydrogen-bond donors (Lipinski definition) is 1. The summed E-state index contributed by atoms with van der Waals surface area (Å²) in [7, 11) is 0. The highest BCUT2D eigenvalue weighted by Crippen LogP contribution is 2.26. The maximum absolute atomic E-state index is 12.3. The van der Waals surface area contributed by atoms with E-state index >= 15 is 0 Å². The molecule has 0 aromatic heterocycles. The first kappa shape index (κ1) is 18.7. The monoisotopic (exact) mass is 335 g/mol. The Bertz CT molecular complexity index is 526. The molecule has 1 aliphatic rings. The van der Waals surface area contributed by atoms with Crippen LogP contribution in [0.3, 0.4) is 0 Å². The predicted octanol–water partition coefficient (Wildman–Crippen LogP) is 3.24. The molecule has 1 heterocycles. The number of rotatable bonds is 8. The zero-order chi connectivity index (χ0) is 17.5. The van der Waals surface area contributed by atoms with Gasteiger partial charge in [-0.3, -0.25) is 4.79 Å². The molecule has 5 nitrogen and oxygen atoms in total. The number of benzene rings is 1. The van der Waals surface area contributed by atoms with Crippen molar-refractivity contribution in [1.29, 1.82) is 0 Å². The summed E-state index contributed by atoms with van der Waals surface area (Å²) in [4.78, 5) is 12.3. The topological polar surface area (TPSA) is 56.8 Å². The fraction of sp³-hybridized carbons (Fsp3) is 0.632. The van der Waals surface area contributed by atoms with E-state index in [9.17, 15) is 4.79 Å².